The standard InChI is InChI=1S/C15H20N2O4S/c1-22-8-7-12(16-10-18)14(19)17-13(15(20)21)9-11-5-3-2-4-6-11/h2-6,10,12-13H,7-9H2,1H3,(H,16,18)(H,17,19)(H,20,21)/t12-,13-/m0/s1. The molecule has 0 bridgehead atoms. The number of carbonyl (C=O) groups excluding carboxylic acids is 2. The van der Waals surface area contributed by atoms with Crippen molar-refractivity contribution in [1.29, 1.82) is 0 Å². The molecule has 1 rings (SSSR count). The average Bonchev–Trinajstić information content (AvgIpc) is 2.51. The molecule has 1 aromatic carbocycles. The van der Waals surface area contributed by atoms with Gasteiger partial charge in [-0.3, -0.25) is 9.59 Å². The number of aliphatic carboxylic acids is 1. The minimum atomic E-state index is -1.10. The third-order valence-corrected chi connectivity index (χ3v) is 3.74. The van der Waals surface area contributed by atoms with Gasteiger partial charge < -0.3 is 15.7 Å². The molecule has 0 unspecified atom stereocenters. The quantitative estimate of drug-likeness (QED) is 0.550. The van der Waals surface area contributed by atoms with Crippen LogP contribution in [0.15, 0.2) is 30.3 Å². The van der Waals surface area contributed by atoms with Crippen LogP contribution >= 0.6 is 11.8 Å². The number of hydrogen-bond donors (Lipinski definition) is 3. The van der Waals surface area contributed by atoms with E-state index in [1.54, 1.807) is 23.9 Å². The minimum Gasteiger partial charge on any atom is -0.480 e. The third kappa shape index (κ3) is 6.17. The third-order valence-electron chi connectivity index (χ3n) is 3.09. The van der Waals surface area contributed by atoms with Gasteiger partial charge in [-0.1, -0.05) is 30.3 Å². The summed E-state index contributed by atoms with van der Waals surface area (Å²) in [5.74, 6) is -0.897. The van der Waals surface area contributed by atoms with Crippen molar-refractivity contribution >= 4 is 30.0 Å². The molecule has 0 saturated carbocycles. The normalized spacial score (nSPS) is 13.0. The summed E-state index contributed by atoms with van der Waals surface area (Å²) in [4.78, 5) is 34.0. The van der Waals surface area contributed by atoms with Crippen molar-refractivity contribution < 1.29 is 19.5 Å². The van der Waals surface area contributed by atoms with Crippen LogP contribution in [-0.2, 0) is 20.8 Å². The fraction of sp³-hybridized carbons (Fsp3) is 0.400. The van der Waals surface area contributed by atoms with E-state index < -0.39 is 24.0 Å². The van der Waals surface area contributed by atoms with E-state index in [0.717, 1.165) is 5.56 Å². The Morgan fingerprint density at radius 2 is 1.95 bits per heavy atom. The lowest BCUT2D eigenvalue weighted by atomic mass is 10.1. The van der Waals surface area contributed by atoms with E-state index >= 15 is 0 Å². The molecule has 0 saturated heterocycles. The van der Waals surface area contributed by atoms with Gasteiger partial charge in [0.25, 0.3) is 0 Å². The molecule has 0 aliphatic rings. The largest absolute Gasteiger partial charge is 0.480 e. The van der Waals surface area contributed by atoms with Gasteiger partial charge in [0.1, 0.15) is 12.1 Å². The molecule has 0 aromatic heterocycles. The van der Waals surface area contributed by atoms with Gasteiger partial charge in [-0.15, -0.1) is 0 Å². The smallest absolute Gasteiger partial charge is 0.326 e. The van der Waals surface area contributed by atoms with Crippen LogP contribution in [0.25, 0.3) is 0 Å². The molecule has 0 spiro atoms. The topological polar surface area (TPSA) is 95.5 Å². The molecular formula is C15H20N2O4S. The Hall–Kier alpha value is -2.02. The summed E-state index contributed by atoms with van der Waals surface area (Å²) in [6, 6.07) is 7.32. The molecule has 3 N–H and O–H groups in total. The molecule has 2 amide bonds. The molecule has 0 aliphatic carbocycles. The second kappa shape index (κ2) is 9.83. The number of carboxylic acid groups (broad SMARTS) is 1. The second-order valence-corrected chi connectivity index (χ2v) is 5.69. The van der Waals surface area contributed by atoms with Crippen molar-refractivity contribution in [2.75, 3.05) is 12.0 Å². The zero-order valence-electron chi connectivity index (χ0n) is 12.3. The molecule has 0 fully saturated rings. The van der Waals surface area contributed by atoms with E-state index in [-0.39, 0.29) is 6.42 Å². The SMILES string of the molecule is CSCC[C@H](NC=O)C(=O)N[C@@H](Cc1ccccc1)C(=O)O. The molecule has 7 heteroatoms. The Balaban J connectivity index is 2.69. The molecular weight excluding hydrogens is 304 g/mol. The number of thioether (sulfide) groups is 1. The van der Waals surface area contributed by atoms with Crippen molar-refractivity contribution in [2.24, 2.45) is 0 Å². The summed E-state index contributed by atoms with van der Waals surface area (Å²) in [6.07, 6.45) is 2.99. The number of amides is 2. The lowest BCUT2D eigenvalue weighted by Crippen LogP contribution is -2.50. The maximum Gasteiger partial charge on any atom is 0.326 e. The minimum absolute atomic E-state index is 0.193. The average molecular weight is 324 g/mol. The zero-order chi connectivity index (χ0) is 16.4. The van der Waals surface area contributed by atoms with Gasteiger partial charge in [0, 0.05) is 6.42 Å². The van der Waals surface area contributed by atoms with Gasteiger partial charge in [-0.2, -0.15) is 11.8 Å². The lowest BCUT2D eigenvalue weighted by Gasteiger charge is -2.20. The van der Waals surface area contributed by atoms with Crippen molar-refractivity contribution in [3.05, 3.63) is 35.9 Å². The van der Waals surface area contributed by atoms with E-state index in [4.69, 9.17) is 0 Å². The van der Waals surface area contributed by atoms with Crippen molar-refractivity contribution in [3.8, 4) is 0 Å². The van der Waals surface area contributed by atoms with E-state index in [1.165, 1.54) is 0 Å². The molecule has 6 nitrogen and oxygen atoms in total. The van der Waals surface area contributed by atoms with Gasteiger partial charge in [-0.05, 0) is 24.0 Å². The van der Waals surface area contributed by atoms with Gasteiger partial charge in [0.2, 0.25) is 12.3 Å². The van der Waals surface area contributed by atoms with Crippen molar-refractivity contribution in [1.82, 2.24) is 10.6 Å². The summed E-state index contributed by atoms with van der Waals surface area (Å²) < 4.78 is 0. The number of carboxylic acids is 1. The van der Waals surface area contributed by atoms with E-state index in [2.05, 4.69) is 10.6 Å². The molecule has 0 heterocycles. The number of benzene rings is 1. The highest BCUT2D eigenvalue weighted by Crippen LogP contribution is 2.05. The number of nitrogens with one attached hydrogen (secondary N) is 2. The first-order valence-corrected chi connectivity index (χ1v) is 8.23. The fourth-order valence-electron chi connectivity index (χ4n) is 1.93. The van der Waals surface area contributed by atoms with Crippen LogP contribution in [0.2, 0.25) is 0 Å². The molecule has 22 heavy (non-hydrogen) atoms. The molecule has 120 valence electrons. The first kappa shape index (κ1) is 18.0. The number of hydrogen-bond acceptors (Lipinski definition) is 4. The van der Waals surface area contributed by atoms with E-state index in [1.807, 2.05) is 24.5 Å². The Labute approximate surface area is 133 Å². The Morgan fingerprint density at radius 1 is 1.27 bits per heavy atom. The number of carbonyl (C=O) groups is 3. The monoisotopic (exact) mass is 324 g/mol. The Kier molecular flexibility index (Phi) is 8.06. The highest BCUT2D eigenvalue weighted by atomic mass is 32.2. The zero-order valence-corrected chi connectivity index (χ0v) is 13.1. The van der Waals surface area contributed by atoms with Gasteiger partial charge in [0.15, 0.2) is 0 Å². The van der Waals surface area contributed by atoms with Crippen LogP contribution < -0.4 is 10.6 Å². The molecule has 0 radical (unpaired) electrons. The maximum absolute atomic E-state index is 12.1. The van der Waals surface area contributed by atoms with Crippen molar-refractivity contribution in [2.45, 2.75) is 24.9 Å². The van der Waals surface area contributed by atoms with Crippen LogP contribution in [0.1, 0.15) is 12.0 Å². The molecule has 1 aromatic rings. The highest BCUT2D eigenvalue weighted by molar-refractivity contribution is 7.98. The lowest BCUT2D eigenvalue weighted by molar-refractivity contribution is -0.142. The van der Waals surface area contributed by atoms with Gasteiger partial charge >= 0.3 is 5.97 Å². The van der Waals surface area contributed by atoms with Crippen LogP contribution in [0.4, 0.5) is 0 Å². The van der Waals surface area contributed by atoms with Crippen LogP contribution in [-0.4, -0.2) is 47.5 Å². The van der Waals surface area contributed by atoms with Gasteiger partial charge in [-0.25, -0.2) is 4.79 Å². The van der Waals surface area contributed by atoms with Crippen LogP contribution in [0.5, 0.6) is 0 Å². The molecule has 0 aliphatic heterocycles. The fourth-order valence-corrected chi connectivity index (χ4v) is 2.40. The van der Waals surface area contributed by atoms with E-state index in [0.29, 0.717) is 18.6 Å². The van der Waals surface area contributed by atoms with Crippen molar-refractivity contribution in [3.63, 3.8) is 0 Å². The van der Waals surface area contributed by atoms with Crippen LogP contribution in [0.3, 0.4) is 0 Å². The molecule has 2 atom stereocenters. The Bertz CT molecular complexity index is 496. The predicted molar refractivity (Wildman–Crippen MR) is 85.7 cm³/mol. The van der Waals surface area contributed by atoms with E-state index in [9.17, 15) is 19.5 Å². The number of rotatable bonds is 10. The highest BCUT2D eigenvalue weighted by Gasteiger charge is 2.25. The van der Waals surface area contributed by atoms with Crippen LogP contribution in [0, 0.1) is 0 Å². The first-order chi connectivity index (χ1) is 10.6. The maximum atomic E-state index is 12.1. The predicted octanol–water partition coefficient (Wildman–Crippen LogP) is 0.666. The summed E-state index contributed by atoms with van der Waals surface area (Å²) in [6.45, 7) is 0. The summed E-state index contributed by atoms with van der Waals surface area (Å²) in [7, 11) is 0. The summed E-state index contributed by atoms with van der Waals surface area (Å²) in [5.41, 5.74) is 0.819. The Morgan fingerprint density at radius 3 is 2.50 bits per heavy atom. The summed E-state index contributed by atoms with van der Waals surface area (Å²) >= 11 is 1.55. The van der Waals surface area contributed by atoms with Gasteiger partial charge in [0.05, 0.1) is 0 Å². The second-order valence-electron chi connectivity index (χ2n) is 4.71. The first-order valence-electron chi connectivity index (χ1n) is 6.84. The summed E-state index contributed by atoms with van der Waals surface area (Å²) in [5, 5.41) is 14.2.